The van der Waals surface area contributed by atoms with Gasteiger partial charge in [-0.3, -0.25) is 0 Å². The van der Waals surface area contributed by atoms with Gasteiger partial charge in [0.15, 0.2) is 0 Å². The van der Waals surface area contributed by atoms with Crippen molar-refractivity contribution in [3.63, 3.8) is 0 Å². The van der Waals surface area contributed by atoms with E-state index in [1.54, 1.807) is 0 Å². The van der Waals surface area contributed by atoms with Crippen molar-refractivity contribution in [3.8, 4) is 0 Å². The van der Waals surface area contributed by atoms with Gasteiger partial charge in [0.05, 0.1) is 6.10 Å². The molecule has 0 spiro atoms. The van der Waals surface area contributed by atoms with Crippen LogP contribution in [0.25, 0.3) is 10.8 Å². The number of benzene rings is 2. The SMILES string of the molecule is CC.CC.CC1CCC(C)OC1.Cc1ccc(C)s1.Cc1ccc2cc(C)ccc2c1. The molecule has 3 aromatic rings. The van der Waals surface area contributed by atoms with Crippen LogP contribution in [0.15, 0.2) is 48.5 Å². The van der Waals surface area contributed by atoms with Gasteiger partial charge in [0.2, 0.25) is 0 Å². The second-order valence-corrected chi connectivity index (χ2v) is 9.33. The average Bonchev–Trinajstić information content (AvgIpc) is 3.17. The number of thiophene rings is 1. The van der Waals surface area contributed by atoms with Gasteiger partial charge in [-0.05, 0) is 76.3 Å². The van der Waals surface area contributed by atoms with E-state index in [9.17, 15) is 0 Å². The van der Waals surface area contributed by atoms with Crippen molar-refractivity contribution in [2.45, 2.75) is 88.2 Å². The summed E-state index contributed by atoms with van der Waals surface area (Å²) in [6.07, 6.45) is 3.12. The van der Waals surface area contributed by atoms with Crippen molar-refractivity contribution >= 4 is 22.1 Å². The molecule has 2 heteroatoms. The fraction of sp³-hybridized carbons (Fsp3) is 0.517. The van der Waals surface area contributed by atoms with E-state index in [-0.39, 0.29) is 0 Å². The first-order chi connectivity index (χ1) is 14.8. The Bertz CT molecular complexity index is 758. The van der Waals surface area contributed by atoms with Gasteiger partial charge in [-0.15, -0.1) is 11.3 Å². The van der Waals surface area contributed by atoms with Crippen LogP contribution in [0.3, 0.4) is 0 Å². The van der Waals surface area contributed by atoms with Crippen molar-refractivity contribution in [2.75, 3.05) is 6.61 Å². The fourth-order valence-corrected chi connectivity index (χ4v) is 3.84. The lowest BCUT2D eigenvalue weighted by Crippen LogP contribution is -2.21. The van der Waals surface area contributed by atoms with Crippen LogP contribution in [0.1, 0.15) is 75.3 Å². The molecule has 1 nitrogen and oxygen atoms in total. The van der Waals surface area contributed by atoms with Gasteiger partial charge >= 0.3 is 0 Å². The second-order valence-electron chi connectivity index (χ2n) is 7.84. The van der Waals surface area contributed by atoms with E-state index in [2.05, 4.69) is 90.1 Å². The van der Waals surface area contributed by atoms with E-state index in [0.29, 0.717) is 6.10 Å². The predicted molar refractivity (Wildman–Crippen MR) is 144 cm³/mol. The fourth-order valence-electron chi connectivity index (χ4n) is 3.06. The Hall–Kier alpha value is -1.64. The van der Waals surface area contributed by atoms with Gasteiger partial charge in [-0.25, -0.2) is 0 Å². The quantitative estimate of drug-likeness (QED) is 0.336. The molecule has 2 unspecified atom stereocenters. The summed E-state index contributed by atoms with van der Waals surface area (Å²) >= 11 is 1.84. The van der Waals surface area contributed by atoms with E-state index >= 15 is 0 Å². The Morgan fingerprint density at radius 3 is 1.42 bits per heavy atom. The standard InChI is InChI=1S/C12H12.C7H14O.C6H8S.2C2H6/c1-9-3-5-12-8-10(2)4-6-11(12)7-9;1-6-3-4-7(2)8-5-6;1-5-3-4-6(2)7-5;2*1-2/h3-8H,1-2H3;6-7H,3-5H2,1-2H3;3-4H,1-2H3;2*1-2H3. The van der Waals surface area contributed by atoms with Gasteiger partial charge in [0, 0.05) is 16.4 Å². The number of rotatable bonds is 0. The Morgan fingerprint density at radius 2 is 1.13 bits per heavy atom. The van der Waals surface area contributed by atoms with E-state index < -0.39 is 0 Å². The molecule has 1 aromatic heterocycles. The van der Waals surface area contributed by atoms with E-state index in [4.69, 9.17) is 4.74 Å². The Kier molecular flexibility index (Phi) is 16.1. The molecule has 0 bridgehead atoms. The summed E-state index contributed by atoms with van der Waals surface area (Å²) in [6.45, 7) is 21.9. The molecule has 0 aliphatic carbocycles. The molecule has 0 saturated carbocycles. The van der Waals surface area contributed by atoms with Crippen LogP contribution in [0.2, 0.25) is 0 Å². The maximum atomic E-state index is 5.39. The van der Waals surface area contributed by atoms with Gasteiger partial charge in [0.25, 0.3) is 0 Å². The topological polar surface area (TPSA) is 9.23 Å². The molecular weight excluding hydrogens is 396 g/mol. The number of ether oxygens (including phenoxy) is 1. The summed E-state index contributed by atoms with van der Waals surface area (Å²) in [5, 5.41) is 2.67. The first kappa shape index (κ1) is 29.4. The lowest BCUT2D eigenvalue weighted by atomic mass is 10.0. The Morgan fingerprint density at radius 1 is 0.677 bits per heavy atom. The van der Waals surface area contributed by atoms with Crippen LogP contribution in [-0.4, -0.2) is 12.7 Å². The lowest BCUT2D eigenvalue weighted by molar-refractivity contribution is 0.000267. The number of aryl methyl sites for hydroxylation is 4. The van der Waals surface area contributed by atoms with Crippen LogP contribution >= 0.6 is 11.3 Å². The normalized spacial score (nSPS) is 16.8. The van der Waals surface area contributed by atoms with E-state index in [0.717, 1.165) is 12.5 Å². The molecule has 0 N–H and O–H groups in total. The monoisotopic (exact) mass is 442 g/mol. The summed E-state index contributed by atoms with van der Waals surface area (Å²) in [7, 11) is 0. The molecule has 31 heavy (non-hydrogen) atoms. The van der Waals surface area contributed by atoms with Crippen molar-refractivity contribution in [3.05, 3.63) is 69.4 Å². The highest BCUT2D eigenvalue weighted by molar-refractivity contribution is 7.11. The number of fused-ring (bicyclic) bond motifs is 1. The van der Waals surface area contributed by atoms with Crippen molar-refractivity contribution in [2.24, 2.45) is 5.92 Å². The third-order valence-electron chi connectivity index (χ3n) is 4.76. The van der Waals surface area contributed by atoms with Crippen molar-refractivity contribution in [1.82, 2.24) is 0 Å². The minimum absolute atomic E-state index is 0.520. The number of hydrogen-bond donors (Lipinski definition) is 0. The van der Waals surface area contributed by atoms with Crippen molar-refractivity contribution < 1.29 is 4.74 Å². The van der Waals surface area contributed by atoms with Crippen LogP contribution in [0, 0.1) is 33.6 Å². The second kappa shape index (κ2) is 17.0. The average molecular weight is 443 g/mol. The van der Waals surface area contributed by atoms with Crippen molar-refractivity contribution in [1.29, 1.82) is 0 Å². The summed E-state index contributed by atoms with van der Waals surface area (Å²) in [6, 6.07) is 17.4. The van der Waals surface area contributed by atoms with E-state index in [1.165, 1.54) is 44.5 Å². The first-order valence-electron chi connectivity index (χ1n) is 11.9. The minimum Gasteiger partial charge on any atom is -0.378 e. The third kappa shape index (κ3) is 12.7. The summed E-state index contributed by atoms with van der Waals surface area (Å²) < 4.78 is 5.39. The summed E-state index contributed by atoms with van der Waals surface area (Å²) in [5.41, 5.74) is 2.65. The van der Waals surface area contributed by atoms with Gasteiger partial charge < -0.3 is 4.74 Å². The van der Waals surface area contributed by atoms with Crippen LogP contribution < -0.4 is 0 Å². The van der Waals surface area contributed by atoms with Gasteiger partial charge in [-0.1, -0.05) is 82.1 Å². The van der Waals surface area contributed by atoms with Crippen LogP contribution in [0.5, 0.6) is 0 Å². The maximum Gasteiger partial charge on any atom is 0.0547 e. The Labute approximate surface area is 196 Å². The predicted octanol–water partition coefficient (Wildman–Crippen LogP) is 9.70. The van der Waals surface area contributed by atoms with Crippen LogP contribution in [0.4, 0.5) is 0 Å². The third-order valence-corrected chi connectivity index (χ3v) is 5.67. The molecule has 2 atom stereocenters. The zero-order valence-electron chi connectivity index (χ0n) is 21.7. The molecule has 0 amide bonds. The molecular formula is C29H46OS. The highest BCUT2D eigenvalue weighted by Crippen LogP contribution is 2.17. The molecule has 4 rings (SSSR count). The molecule has 174 valence electrons. The lowest BCUT2D eigenvalue weighted by Gasteiger charge is -2.23. The first-order valence-corrected chi connectivity index (χ1v) is 12.8. The highest BCUT2D eigenvalue weighted by atomic mass is 32.1. The summed E-state index contributed by atoms with van der Waals surface area (Å²) in [5.74, 6) is 0.797. The van der Waals surface area contributed by atoms with Gasteiger partial charge in [-0.2, -0.15) is 0 Å². The molecule has 0 radical (unpaired) electrons. The van der Waals surface area contributed by atoms with Crippen LogP contribution in [-0.2, 0) is 4.74 Å². The Balaban J connectivity index is 0.000000418. The molecule has 1 aliphatic rings. The zero-order chi connectivity index (χ0) is 23.8. The maximum absolute atomic E-state index is 5.39. The summed E-state index contributed by atoms with van der Waals surface area (Å²) in [4.78, 5) is 2.80. The molecule has 2 heterocycles. The highest BCUT2D eigenvalue weighted by Gasteiger charge is 2.13. The smallest absolute Gasteiger partial charge is 0.0547 e. The largest absolute Gasteiger partial charge is 0.378 e. The molecule has 1 fully saturated rings. The number of hydrogen-bond acceptors (Lipinski definition) is 2. The molecule has 1 aliphatic heterocycles. The van der Waals surface area contributed by atoms with Gasteiger partial charge in [0.1, 0.15) is 0 Å². The minimum atomic E-state index is 0.520. The zero-order valence-corrected chi connectivity index (χ0v) is 22.5. The molecule has 2 aromatic carbocycles. The molecule has 1 saturated heterocycles. The van der Waals surface area contributed by atoms with E-state index in [1.807, 2.05) is 39.0 Å².